The van der Waals surface area contributed by atoms with Gasteiger partial charge in [-0.3, -0.25) is 4.57 Å². The third kappa shape index (κ3) is 3.80. The molecule has 2 aliphatic rings. The maximum absolute atomic E-state index is 15.1. The monoisotopic (exact) mass is 458 g/mol. The van der Waals surface area contributed by atoms with Crippen LogP contribution in [0.4, 0.5) is 5.69 Å². The van der Waals surface area contributed by atoms with Gasteiger partial charge in [0.05, 0.1) is 7.11 Å². The molecule has 3 aromatic rings. The first-order chi connectivity index (χ1) is 16.1. The lowest BCUT2D eigenvalue weighted by molar-refractivity contribution is 0.306. The molecule has 0 bridgehead atoms. The van der Waals surface area contributed by atoms with Crippen molar-refractivity contribution in [3.05, 3.63) is 83.9 Å². The van der Waals surface area contributed by atoms with Gasteiger partial charge in [0.2, 0.25) is 0 Å². The molecule has 168 valence electrons. The van der Waals surface area contributed by atoms with Gasteiger partial charge in [-0.05, 0) is 54.8 Å². The first-order valence-electron chi connectivity index (χ1n) is 11.2. The Labute approximate surface area is 195 Å². The van der Waals surface area contributed by atoms with Crippen LogP contribution in [0.15, 0.2) is 72.8 Å². The van der Waals surface area contributed by atoms with E-state index in [0.717, 1.165) is 42.7 Å². The number of hydrogen-bond acceptors (Lipinski definition) is 3. The Kier molecular flexibility index (Phi) is 5.89. The second-order valence-corrected chi connectivity index (χ2v) is 10.9. The second kappa shape index (κ2) is 8.98. The number of methoxy groups -OCH3 is 1. The maximum atomic E-state index is 15.1. The van der Waals surface area contributed by atoms with E-state index in [9.17, 15) is 0 Å². The molecule has 1 unspecified atom stereocenters. The first-order valence-corrected chi connectivity index (χ1v) is 12.8. The number of benzene rings is 3. The van der Waals surface area contributed by atoms with Crippen LogP contribution in [0.3, 0.4) is 0 Å². The molecule has 6 heteroatoms. The van der Waals surface area contributed by atoms with Gasteiger partial charge in [-0.25, -0.2) is 4.67 Å². The Hall–Kier alpha value is -3.19. The van der Waals surface area contributed by atoms with E-state index >= 15 is 4.57 Å². The fourth-order valence-corrected chi connectivity index (χ4v) is 8.41. The Morgan fingerprint density at radius 2 is 1.79 bits per heavy atom. The molecule has 0 aliphatic carbocycles. The van der Waals surface area contributed by atoms with Gasteiger partial charge in [0.25, 0.3) is 7.44 Å². The molecule has 2 saturated heterocycles. The average Bonchev–Trinajstić information content (AvgIpc) is 3.45. The molecule has 5 nitrogen and oxygen atoms in total. The van der Waals surface area contributed by atoms with Crippen LogP contribution in [0, 0.1) is 12.3 Å². The summed E-state index contributed by atoms with van der Waals surface area (Å²) in [6.07, 6.45) is 7.56. The zero-order valence-corrected chi connectivity index (χ0v) is 19.6. The Balaban J connectivity index is 1.57. The number of fused-ring (bicyclic) bond motifs is 1. The van der Waals surface area contributed by atoms with Crippen molar-refractivity contribution in [3.63, 3.8) is 0 Å². The van der Waals surface area contributed by atoms with Gasteiger partial charge < -0.3 is 14.1 Å². The van der Waals surface area contributed by atoms with Crippen molar-refractivity contribution in [3.8, 4) is 23.8 Å². The standard InChI is InChI=1S/C27H27N2O3P/c1-3-21-14-16-22(17-15-21)20-32-26-13-7-12-25(31-2)27(26)33(30)28-18-8-11-24(28)19-29(33)23-9-5-4-6-10-23/h1,4-7,9-10,12-17,24H,8,11,18-20H2,2H3/t24-,33?/m1/s1. The van der Waals surface area contributed by atoms with Crippen LogP contribution in [0.1, 0.15) is 24.0 Å². The van der Waals surface area contributed by atoms with Crippen LogP contribution in [-0.2, 0) is 11.2 Å². The van der Waals surface area contributed by atoms with E-state index in [0.29, 0.717) is 23.4 Å². The van der Waals surface area contributed by atoms with Gasteiger partial charge in [0.1, 0.15) is 23.4 Å². The summed E-state index contributed by atoms with van der Waals surface area (Å²) in [4.78, 5) is 0. The highest BCUT2D eigenvalue weighted by molar-refractivity contribution is 7.71. The fraction of sp³-hybridized carbons (Fsp3) is 0.259. The van der Waals surface area contributed by atoms with E-state index in [4.69, 9.17) is 15.9 Å². The topological polar surface area (TPSA) is 42.0 Å². The van der Waals surface area contributed by atoms with E-state index in [1.165, 1.54) is 0 Å². The lowest BCUT2D eigenvalue weighted by Gasteiger charge is -2.33. The van der Waals surface area contributed by atoms with E-state index in [1.54, 1.807) is 7.11 Å². The molecular formula is C27H27N2O3P. The summed E-state index contributed by atoms with van der Waals surface area (Å²) in [6.45, 7) is 1.88. The van der Waals surface area contributed by atoms with Crippen LogP contribution < -0.4 is 19.4 Å². The van der Waals surface area contributed by atoms with Gasteiger partial charge in [0, 0.05) is 30.4 Å². The fourth-order valence-electron chi connectivity index (χ4n) is 4.85. The van der Waals surface area contributed by atoms with Crippen LogP contribution in [-0.4, -0.2) is 30.9 Å². The quantitative estimate of drug-likeness (QED) is 0.382. The summed E-state index contributed by atoms with van der Waals surface area (Å²) in [6, 6.07) is 23.6. The molecule has 2 fully saturated rings. The van der Waals surface area contributed by atoms with E-state index in [2.05, 4.69) is 15.3 Å². The zero-order chi connectivity index (χ0) is 22.8. The average molecular weight is 458 g/mol. The molecule has 0 spiro atoms. The minimum absolute atomic E-state index is 0.255. The summed E-state index contributed by atoms with van der Waals surface area (Å²) in [7, 11) is -1.57. The van der Waals surface area contributed by atoms with Gasteiger partial charge >= 0.3 is 0 Å². The molecule has 3 aromatic carbocycles. The van der Waals surface area contributed by atoms with Gasteiger partial charge in [0.15, 0.2) is 0 Å². The number of rotatable bonds is 6. The minimum Gasteiger partial charge on any atom is -0.496 e. The highest BCUT2D eigenvalue weighted by Gasteiger charge is 2.54. The van der Waals surface area contributed by atoms with Crippen molar-refractivity contribution >= 4 is 18.4 Å². The molecule has 0 radical (unpaired) electrons. The summed E-state index contributed by atoms with van der Waals surface area (Å²) in [5.74, 6) is 3.81. The van der Waals surface area contributed by atoms with Crippen LogP contribution in [0.2, 0.25) is 0 Å². The third-order valence-electron chi connectivity index (χ3n) is 6.45. The highest BCUT2D eigenvalue weighted by Crippen LogP contribution is 2.64. The van der Waals surface area contributed by atoms with Gasteiger partial charge in [-0.1, -0.05) is 42.3 Å². The SMILES string of the molecule is C#Cc1ccc(COc2cccc(OC)c2P2(=O)N(c3ccccc3)C[C@H]3CCCN32)cc1. The molecule has 2 heterocycles. The lowest BCUT2D eigenvalue weighted by Crippen LogP contribution is -2.29. The summed E-state index contributed by atoms with van der Waals surface area (Å²) < 4.78 is 31.4. The van der Waals surface area contributed by atoms with Crippen molar-refractivity contribution in [1.82, 2.24) is 4.67 Å². The smallest absolute Gasteiger partial charge is 0.276 e. The van der Waals surface area contributed by atoms with E-state index in [1.807, 2.05) is 72.8 Å². The molecule has 2 aliphatic heterocycles. The predicted octanol–water partition coefficient (Wildman–Crippen LogP) is 5.06. The molecule has 2 atom stereocenters. The van der Waals surface area contributed by atoms with Crippen molar-refractivity contribution < 1.29 is 14.0 Å². The largest absolute Gasteiger partial charge is 0.496 e. The molecule has 0 saturated carbocycles. The van der Waals surface area contributed by atoms with Gasteiger partial charge in [-0.15, -0.1) is 6.42 Å². The number of ether oxygens (including phenoxy) is 2. The third-order valence-corrected chi connectivity index (χ3v) is 9.74. The Bertz CT molecular complexity index is 1220. The maximum Gasteiger partial charge on any atom is 0.276 e. The predicted molar refractivity (Wildman–Crippen MR) is 132 cm³/mol. The molecule has 5 rings (SSSR count). The van der Waals surface area contributed by atoms with Crippen LogP contribution in [0.25, 0.3) is 0 Å². The number of para-hydroxylation sites is 1. The normalized spacial score (nSPS) is 22.1. The molecule has 33 heavy (non-hydrogen) atoms. The lowest BCUT2D eigenvalue weighted by atomic mass is 10.1. The molecular weight excluding hydrogens is 431 g/mol. The van der Waals surface area contributed by atoms with Crippen molar-refractivity contribution in [2.75, 3.05) is 24.9 Å². The summed E-state index contributed by atoms with van der Waals surface area (Å²) in [5.41, 5.74) is 2.78. The Morgan fingerprint density at radius 3 is 2.52 bits per heavy atom. The number of hydrogen-bond donors (Lipinski definition) is 0. The van der Waals surface area contributed by atoms with E-state index in [-0.39, 0.29) is 6.04 Å². The molecule has 0 aromatic heterocycles. The number of anilines is 1. The van der Waals surface area contributed by atoms with Crippen molar-refractivity contribution in [2.45, 2.75) is 25.5 Å². The minimum atomic E-state index is -3.19. The van der Waals surface area contributed by atoms with Crippen LogP contribution >= 0.6 is 7.44 Å². The number of terminal acetylenes is 1. The summed E-state index contributed by atoms with van der Waals surface area (Å²) >= 11 is 0. The summed E-state index contributed by atoms with van der Waals surface area (Å²) in [5, 5.41) is 0.640. The van der Waals surface area contributed by atoms with E-state index < -0.39 is 7.44 Å². The first kappa shape index (κ1) is 21.6. The van der Waals surface area contributed by atoms with Crippen LogP contribution in [0.5, 0.6) is 11.5 Å². The van der Waals surface area contributed by atoms with Gasteiger partial charge in [-0.2, -0.15) is 0 Å². The zero-order valence-electron chi connectivity index (χ0n) is 18.7. The molecule has 0 amide bonds. The molecule has 0 N–H and O–H groups in total. The second-order valence-electron chi connectivity index (χ2n) is 8.36. The Morgan fingerprint density at radius 1 is 1.03 bits per heavy atom. The highest BCUT2D eigenvalue weighted by atomic mass is 31.2. The van der Waals surface area contributed by atoms with Crippen molar-refractivity contribution in [1.29, 1.82) is 0 Å². The van der Waals surface area contributed by atoms with Crippen molar-refractivity contribution in [2.24, 2.45) is 0 Å². The number of nitrogens with zero attached hydrogens (tertiary/aromatic N) is 2.